The zero-order valence-corrected chi connectivity index (χ0v) is 14.0. The summed E-state index contributed by atoms with van der Waals surface area (Å²) in [7, 11) is 1.66. The molecule has 1 aromatic rings. The molecule has 0 aliphatic carbocycles. The summed E-state index contributed by atoms with van der Waals surface area (Å²) in [5.74, 6) is 0.923. The van der Waals surface area contributed by atoms with Crippen molar-refractivity contribution in [3.05, 3.63) is 23.9 Å². The molecule has 0 bridgehead atoms. The second-order valence-corrected chi connectivity index (χ2v) is 4.04. The minimum atomic E-state index is -0.129. The molecule has 0 atom stereocenters. The molecule has 0 saturated heterocycles. The van der Waals surface area contributed by atoms with Crippen LogP contribution in [0.1, 0.15) is 32.3 Å². The number of rotatable bonds is 2. The third-order valence-electron chi connectivity index (χ3n) is 2.22. The monoisotopic (exact) mass is 322 g/mol. The van der Waals surface area contributed by atoms with E-state index in [2.05, 4.69) is 24.9 Å². The van der Waals surface area contributed by atoms with Crippen LogP contribution >= 0.6 is 0 Å². The number of aromatic nitrogens is 1. The summed E-state index contributed by atoms with van der Waals surface area (Å²) < 4.78 is 4.88. The standard InChI is InChI=1S/C12H17N4O.Y/c1-8(2)10-5-6-11(15-7-10)16(4)12(14)17-9(3)13;/h6-8,13-14H,1-4H3;/q-1;. The summed E-state index contributed by atoms with van der Waals surface area (Å²) in [5.41, 5.74) is 1.03. The predicted molar refractivity (Wildman–Crippen MR) is 67.8 cm³/mol. The SMILES string of the molecule is CC(=N)OC(=N)N(C)c1c[c-]c(C(C)C)cn1.[Y]. The van der Waals surface area contributed by atoms with Crippen LogP contribution in [0.3, 0.4) is 0 Å². The van der Waals surface area contributed by atoms with Crippen molar-refractivity contribution in [3.63, 3.8) is 0 Å². The fraction of sp³-hybridized carbons (Fsp3) is 0.417. The molecule has 1 radical (unpaired) electrons. The summed E-state index contributed by atoms with van der Waals surface area (Å²) >= 11 is 0. The molecule has 1 aromatic heterocycles. The Morgan fingerprint density at radius 3 is 2.44 bits per heavy atom. The van der Waals surface area contributed by atoms with E-state index in [0.717, 1.165) is 5.56 Å². The fourth-order valence-corrected chi connectivity index (χ4v) is 1.17. The second-order valence-electron chi connectivity index (χ2n) is 4.04. The van der Waals surface area contributed by atoms with Crippen molar-refractivity contribution < 1.29 is 37.4 Å². The maximum absolute atomic E-state index is 7.61. The number of anilines is 1. The summed E-state index contributed by atoms with van der Waals surface area (Å²) in [6.45, 7) is 5.62. The molecule has 0 aromatic carbocycles. The van der Waals surface area contributed by atoms with Gasteiger partial charge in [-0.25, -0.2) is 0 Å². The molecule has 0 unspecified atom stereocenters. The number of hydrogen-bond donors (Lipinski definition) is 2. The van der Waals surface area contributed by atoms with Crippen LogP contribution in [0.15, 0.2) is 12.3 Å². The molecular formula is C12H17N4OY-. The minimum Gasteiger partial charge on any atom is -0.413 e. The van der Waals surface area contributed by atoms with Crippen molar-refractivity contribution >= 4 is 17.7 Å². The first-order chi connectivity index (χ1) is 7.91. The van der Waals surface area contributed by atoms with E-state index in [1.165, 1.54) is 11.8 Å². The fourth-order valence-electron chi connectivity index (χ4n) is 1.17. The first-order valence-electron chi connectivity index (χ1n) is 5.34. The largest absolute Gasteiger partial charge is 0.413 e. The second kappa shape index (κ2) is 7.59. The van der Waals surface area contributed by atoms with Crippen molar-refractivity contribution in [2.24, 2.45) is 0 Å². The van der Waals surface area contributed by atoms with E-state index in [4.69, 9.17) is 15.6 Å². The van der Waals surface area contributed by atoms with Crippen LogP contribution in [0.4, 0.5) is 5.82 Å². The van der Waals surface area contributed by atoms with Crippen LogP contribution in [-0.2, 0) is 37.4 Å². The van der Waals surface area contributed by atoms with Gasteiger partial charge in [0.2, 0.25) is 0 Å². The van der Waals surface area contributed by atoms with Gasteiger partial charge in [0.05, 0.1) is 0 Å². The van der Waals surface area contributed by atoms with Crippen molar-refractivity contribution in [1.29, 1.82) is 10.8 Å². The summed E-state index contributed by atoms with van der Waals surface area (Å²) in [4.78, 5) is 5.69. The molecule has 0 saturated carbocycles. The Morgan fingerprint density at radius 1 is 1.44 bits per heavy atom. The van der Waals surface area contributed by atoms with Gasteiger partial charge in [-0.05, 0) is 5.92 Å². The first kappa shape index (κ1) is 17.2. The van der Waals surface area contributed by atoms with Gasteiger partial charge in [0.1, 0.15) is 0 Å². The van der Waals surface area contributed by atoms with E-state index in [9.17, 15) is 0 Å². The van der Waals surface area contributed by atoms with E-state index in [1.807, 2.05) is 0 Å². The Kier molecular flexibility index (Phi) is 7.25. The van der Waals surface area contributed by atoms with Crippen LogP contribution in [0.25, 0.3) is 0 Å². The molecule has 0 spiro atoms. The van der Waals surface area contributed by atoms with Gasteiger partial charge in [0, 0.05) is 52.5 Å². The maximum atomic E-state index is 7.61. The quantitative estimate of drug-likeness (QED) is 0.499. The number of pyridine rings is 1. The van der Waals surface area contributed by atoms with Gasteiger partial charge in [-0.1, -0.05) is 20.0 Å². The van der Waals surface area contributed by atoms with Crippen LogP contribution in [0.5, 0.6) is 0 Å². The molecule has 5 nitrogen and oxygen atoms in total. The van der Waals surface area contributed by atoms with Crippen LogP contribution in [0, 0.1) is 16.9 Å². The molecule has 1 rings (SSSR count). The van der Waals surface area contributed by atoms with Crippen molar-refractivity contribution in [2.75, 3.05) is 11.9 Å². The molecule has 2 N–H and O–H groups in total. The molecule has 18 heavy (non-hydrogen) atoms. The Bertz CT molecular complexity index is 417. The van der Waals surface area contributed by atoms with Crippen molar-refractivity contribution in [3.8, 4) is 0 Å². The smallest absolute Gasteiger partial charge is 0.285 e. The van der Waals surface area contributed by atoms with Gasteiger partial charge in [-0.3, -0.25) is 10.8 Å². The summed E-state index contributed by atoms with van der Waals surface area (Å²) in [6, 6.07) is 4.70. The normalized spacial score (nSPS) is 9.61. The average molecular weight is 322 g/mol. The minimum absolute atomic E-state index is 0. The number of ether oxygens (including phenoxy) is 1. The Labute approximate surface area is 133 Å². The van der Waals surface area contributed by atoms with Gasteiger partial charge in [0.15, 0.2) is 5.90 Å². The van der Waals surface area contributed by atoms with Crippen LogP contribution < -0.4 is 4.90 Å². The van der Waals surface area contributed by atoms with Crippen LogP contribution in [0.2, 0.25) is 0 Å². The molecule has 95 valence electrons. The van der Waals surface area contributed by atoms with Crippen molar-refractivity contribution in [1.82, 2.24) is 4.98 Å². The summed E-state index contributed by atoms with van der Waals surface area (Å²) in [6.07, 6.45) is 1.74. The predicted octanol–water partition coefficient (Wildman–Crippen LogP) is 2.39. The number of hydrogen-bond acceptors (Lipinski definition) is 4. The van der Waals surface area contributed by atoms with E-state index in [0.29, 0.717) is 11.7 Å². The summed E-state index contributed by atoms with van der Waals surface area (Å²) in [5, 5.41) is 14.8. The molecule has 6 heteroatoms. The Balaban J connectivity index is 0.00000289. The van der Waals surface area contributed by atoms with E-state index in [1.54, 1.807) is 19.3 Å². The number of nitrogens with one attached hydrogen (secondary N) is 2. The van der Waals surface area contributed by atoms with E-state index >= 15 is 0 Å². The third kappa shape index (κ3) is 4.82. The number of nitrogens with zero attached hydrogens (tertiary/aromatic N) is 2. The van der Waals surface area contributed by atoms with E-state index < -0.39 is 0 Å². The molecule has 0 aliphatic rings. The van der Waals surface area contributed by atoms with Crippen LogP contribution in [-0.4, -0.2) is 24.0 Å². The Morgan fingerprint density at radius 2 is 2.06 bits per heavy atom. The zero-order chi connectivity index (χ0) is 13.0. The topological polar surface area (TPSA) is 73.1 Å². The average Bonchev–Trinajstić information content (AvgIpc) is 2.27. The van der Waals surface area contributed by atoms with E-state index in [-0.39, 0.29) is 44.6 Å². The first-order valence-corrected chi connectivity index (χ1v) is 5.34. The van der Waals surface area contributed by atoms with Gasteiger partial charge >= 0.3 is 0 Å². The Hall–Kier alpha value is -0.806. The van der Waals surface area contributed by atoms with Gasteiger partial charge in [-0.2, -0.15) is 6.07 Å². The zero-order valence-electron chi connectivity index (χ0n) is 11.1. The molecule has 0 amide bonds. The van der Waals surface area contributed by atoms with Gasteiger partial charge < -0.3 is 14.6 Å². The maximum Gasteiger partial charge on any atom is 0.285 e. The van der Waals surface area contributed by atoms with Gasteiger partial charge in [0.25, 0.3) is 6.02 Å². The number of amidine groups is 1. The molecular weight excluding hydrogens is 305 g/mol. The molecule has 0 fully saturated rings. The van der Waals surface area contributed by atoms with Gasteiger partial charge in [-0.15, -0.1) is 11.6 Å². The third-order valence-corrected chi connectivity index (χ3v) is 2.22. The molecule has 0 aliphatic heterocycles. The van der Waals surface area contributed by atoms with Crippen molar-refractivity contribution in [2.45, 2.75) is 26.7 Å². The molecule has 1 heterocycles.